The number of carbonyl (C=O) groups is 1. The van der Waals surface area contributed by atoms with Gasteiger partial charge in [0.2, 0.25) is 11.7 Å². The summed E-state index contributed by atoms with van der Waals surface area (Å²) in [5.41, 5.74) is 1.89. The fourth-order valence-corrected chi connectivity index (χ4v) is 4.67. The average molecular weight is 454 g/mol. The van der Waals surface area contributed by atoms with Crippen molar-refractivity contribution in [1.82, 2.24) is 24.1 Å². The first-order valence-electron chi connectivity index (χ1n) is 10.7. The highest BCUT2D eigenvalue weighted by atomic mass is 32.1. The van der Waals surface area contributed by atoms with E-state index >= 15 is 0 Å². The Morgan fingerprint density at radius 1 is 1.16 bits per heavy atom. The molecule has 0 fully saturated rings. The third-order valence-corrected chi connectivity index (χ3v) is 6.38. The molecule has 168 valence electrons. The summed E-state index contributed by atoms with van der Waals surface area (Å²) in [5.74, 6) is 1.40. The number of aryl methyl sites for hydroxylation is 2. The molecule has 1 aromatic carbocycles. The van der Waals surface area contributed by atoms with E-state index in [0.29, 0.717) is 55.9 Å². The number of methoxy groups -OCH3 is 1. The average Bonchev–Trinajstić information content (AvgIpc) is 3.44. The zero-order valence-corrected chi connectivity index (χ0v) is 19.2. The number of hydrogen-bond acceptors (Lipinski definition) is 6. The van der Waals surface area contributed by atoms with Crippen molar-refractivity contribution in [3.8, 4) is 0 Å². The van der Waals surface area contributed by atoms with Crippen LogP contribution in [0.1, 0.15) is 30.7 Å². The van der Waals surface area contributed by atoms with Crippen molar-refractivity contribution in [3.05, 3.63) is 63.5 Å². The molecule has 0 atom stereocenters. The van der Waals surface area contributed by atoms with Crippen LogP contribution in [0, 0.1) is 0 Å². The van der Waals surface area contributed by atoms with Crippen molar-refractivity contribution in [3.63, 3.8) is 0 Å². The molecular formula is C23H27N5O3S. The number of amides is 1. The molecule has 32 heavy (non-hydrogen) atoms. The van der Waals surface area contributed by atoms with Crippen LogP contribution in [0.3, 0.4) is 0 Å². The molecule has 0 aliphatic heterocycles. The van der Waals surface area contributed by atoms with Crippen molar-refractivity contribution < 1.29 is 9.53 Å². The molecule has 1 amide bonds. The Labute approximate surface area is 190 Å². The van der Waals surface area contributed by atoms with Gasteiger partial charge in [0, 0.05) is 46.7 Å². The van der Waals surface area contributed by atoms with E-state index in [1.54, 1.807) is 16.6 Å². The lowest BCUT2D eigenvalue weighted by Crippen LogP contribution is -2.26. The van der Waals surface area contributed by atoms with E-state index in [-0.39, 0.29) is 11.5 Å². The highest BCUT2D eigenvalue weighted by Crippen LogP contribution is 2.20. The van der Waals surface area contributed by atoms with Crippen molar-refractivity contribution >= 4 is 33.2 Å². The van der Waals surface area contributed by atoms with Crippen LogP contribution in [0.15, 0.2) is 46.6 Å². The molecule has 0 saturated carbocycles. The molecule has 0 saturated heterocycles. The largest absolute Gasteiger partial charge is 0.385 e. The molecule has 0 aliphatic carbocycles. The highest BCUT2D eigenvalue weighted by molar-refractivity contribution is 7.17. The van der Waals surface area contributed by atoms with Crippen molar-refractivity contribution in [1.29, 1.82) is 0 Å². The Bertz CT molecular complexity index is 1260. The minimum absolute atomic E-state index is 0.0460. The maximum Gasteiger partial charge on any atom is 0.272 e. The Morgan fingerprint density at radius 2 is 1.97 bits per heavy atom. The number of rotatable bonds is 10. The van der Waals surface area contributed by atoms with Crippen LogP contribution in [0.25, 0.3) is 16.0 Å². The first-order chi connectivity index (χ1) is 15.6. The van der Waals surface area contributed by atoms with Crippen LogP contribution in [-0.2, 0) is 29.0 Å². The van der Waals surface area contributed by atoms with E-state index in [1.807, 2.05) is 53.2 Å². The topological polar surface area (TPSA) is 81.7 Å². The minimum Gasteiger partial charge on any atom is -0.385 e. The molecule has 3 aromatic heterocycles. The number of fused-ring (bicyclic) bond motifs is 3. The van der Waals surface area contributed by atoms with Gasteiger partial charge in [0.25, 0.3) is 5.56 Å². The van der Waals surface area contributed by atoms with Crippen LogP contribution in [0.4, 0.5) is 0 Å². The van der Waals surface area contributed by atoms with Crippen LogP contribution in [0.5, 0.6) is 0 Å². The van der Waals surface area contributed by atoms with Crippen LogP contribution in [-0.4, -0.2) is 50.7 Å². The van der Waals surface area contributed by atoms with Gasteiger partial charge in [-0.2, -0.15) is 0 Å². The zero-order valence-electron chi connectivity index (χ0n) is 18.4. The predicted octanol–water partition coefficient (Wildman–Crippen LogP) is 3.12. The number of nitrogens with zero attached hydrogens (tertiary/aromatic N) is 5. The second-order valence-electron chi connectivity index (χ2n) is 7.78. The summed E-state index contributed by atoms with van der Waals surface area (Å²) >= 11 is 1.43. The number of benzene rings is 1. The van der Waals surface area contributed by atoms with Gasteiger partial charge in [0.1, 0.15) is 10.5 Å². The van der Waals surface area contributed by atoms with Gasteiger partial charge in [-0.15, -0.1) is 21.5 Å². The number of carbonyl (C=O) groups excluding carboxylic acids is 1. The van der Waals surface area contributed by atoms with Gasteiger partial charge in [-0.3, -0.25) is 18.6 Å². The summed E-state index contributed by atoms with van der Waals surface area (Å²) in [6.07, 6.45) is 2.41. The van der Waals surface area contributed by atoms with Gasteiger partial charge < -0.3 is 9.64 Å². The minimum atomic E-state index is -0.0460. The summed E-state index contributed by atoms with van der Waals surface area (Å²) in [5, 5.41) is 10.6. The Hall–Kier alpha value is -3.04. The van der Waals surface area contributed by atoms with Crippen LogP contribution >= 0.6 is 11.3 Å². The predicted molar refractivity (Wildman–Crippen MR) is 125 cm³/mol. The lowest BCUT2D eigenvalue weighted by molar-refractivity contribution is -0.130. The Balaban J connectivity index is 1.49. The summed E-state index contributed by atoms with van der Waals surface area (Å²) < 4.78 is 9.45. The van der Waals surface area contributed by atoms with Crippen LogP contribution in [0.2, 0.25) is 0 Å². The molecule has 4 rings (SSSR count). The lowest BCUT2D eigenvalue weighted by atomic mass is 10.2. The smallest absolute Gasteiger partial charge is 0.272 e. The summed E-state index contributed by atoms with van der Waals surface area (Å²) in [6.45, 7) is 1.68. The van der Waals surface area contributed by atoms with Gasteiger partial charge in [0.15, 0.2) is 0 Å². The fraction of sp³-hybridized carbons (Fsp3) is 0.391. The normalized spacial score (nSPS) is 11.4. The van der Waals surface area contributed by atoms with E-state index in [4.69, 9.17) is 4.74 Å². The zero-order chi connectivity index (χ0) is 22.5. The van der Waals surface area contributed by atoms with Gasteiger partial charge in [-0.05, 0) is 29.9 Å². The first-order valence-corrected chi connectivity index (χ1v) is 11.6. The second-order valence-corrected chi connectivity index (χ2v) is 8.69. The number of hydrogen-bond donors (Lipinski definition) is 0. The lowest BCUT2D eigenvalue weighted by Gasteiger charge is -2.17. The summed E-state index contributed by atoms with van der Waals surface area (Å²) in [4.78, 5) is 27.3. The highest BCUT2D eigenvalue weighted by Gasteiger charge is 2.18. The Morgan fingerprint density at radius 3 is 2.75 bits per heavy atom. The molecule has 0 N–H and O–H groups in total. The SMILES string of the molecule is COCCCn1c(=O)c2sccc2n2c(CCCC(=O)N(C)Cc3ccccc3)nnc12. The molecule has 0 radical (unpaired) electrons. The monoisotopic (exact) mass is 453 g/mol. The molecule has 0 aliphatic rings. The van der Waals surface area contributed by atoms with Crippen molar-refractivity contribution in [2.75, 3.05) is 20.8 Å². The Kier molecular flexibility index (Phi) is 6.96. The molecule has 9 heteroatoms. The first kappa shape index (κ1) is 22.2. The third-order valence-electron chi connectivity index (χ3n) is 5.49. The molecule has 0 spiro atoms. The van der Waals surface area contributed by atoms with E-state index in [9.17, 15) is 9.59 Å². The standard InChI is InChI=1S/C23H27N5O3S/c1-26(16-17-8-4-3-5-9-17)20(29)11-6-10-19-24-25-23-27(13-7-14-31-2)22(30)21-18(28(19)23)12-15-32-21/h3-5,8-9,12,15H,6-7,10-11,13-14,16H2,1-2H3. The van der Waals surface area contributed by atoms with Gasteiger partial charge in [-0.25, -0.2) is 0 Å². The fourth-order valence-electron chi connectivity index (χ4n) is 3.85. The van der Waals surface area contributed by atoms with E-state index in [1.165, 1.54) is 11.3 Å². The second kappa shape index (κ2) is 10.1. The molecule has 3 heterocycles. The van der Waals surface area contributed by atoms with E-state index < -0.39 is 0 Å². The molecule has 0 bridgehead atoms. The van der Waals surface area contributed by atoms with Gasteiger partial charge >= 0.3 is 0 Å². The number of thiophene rings is 1. The van der Waals surface area contributed by atoms with Crippen molar-refractivity contribution in [2.24, 2.45) is 0 Å². The van der Waals surface area contributed by atoms with Gasteiger partial charge in [-0.1, -0.05) is 30.3 Å². The molecule has 4 aromatic rings. The van der Waals surface area contributed by atoms with E-state index in [0.717, 1.165) is 16.9 Å². The maximum absolute atomic E-state index is 12.9. The number of ether oxygens (including phenoxy) is 1. The van der Waals surface area contributed by atoms with Crippen LogP contribution < -0.4 is 5.56 Å². The summed E-state index contributed by atoms with van der Waals surface area (Å²) in [7, 11) is 3.48. The molecular weight excluding hydrogens is 426 g/mol. The summed E-state index contributed by atoms with van der Waals surface area (Å²) in [6, 6.07) is 11.9. The van der Waals surface area contributed by atoms with E-state index in [2.05, 4.69) is 10.2 Å². The quantitative estimate of drug-likeness (QED) is 0.345. The molecule has 8 nitrogen and oxygen atoms in total. The number of aromatic nitrogens is 4. The molecule has 0 unspecified atom stereocenters. The van der Waals surface area contributed by atoms with Gasteiger partial charge in [0.05, 0.1) is 5.52 Å². The van der Waals surface area contributed by atoms with Crippen molar-refractivity contribution in [2.45, 2.75) is 38.8 Å². The third kappa shape index (κ3) is 4.58. The maximum atomic E-state index is 12.9.